The van der Waals surface area contributed by atoms with Gasteiger partial charge in [-0.1, -0.05) is 19.3 Å². The molecule has 1 amide bonds. The molecule has 0 radical (unpaired) electrons. The van der Waals surface area contributed by atoms with Crippen molar-refractivity contribution in [3.63, 3.8) is 0 Å². The van der Waals surface area contributed by atoms with Gasteiger partial charge in [-0.2, -0.15) is 0 Å². The van der Waals surface area contributed by atoms with Crippen LogP contribution in [0, 0.1) is 0 Å². The molecule has 2 N–H and O–H groups in total. The Bertz CT molecular complexity index is 225. The lowest BCUT2D eigenvalue weighted by atomic mass is 9.94. The van der Waals surface area contributed by atoms with E-state index >= 15 is 0 Å². The largest absolute Gasteiger partial charge is 0.369 e. The molecule has 0 heterocycles. The maximum Gasteiger partial charge on any atom is 0.248 e. The fraction of sp³-hybridized carbons (Fsp3) is 0.923. The quantitative estimate of drug-likeness (QED) is 0.768. The van der Waals surface area contributed by atoms with Crippen LogP contribution in [-0.4, -0.2) is 42.6 Å². The normalized spacial score (nSPS) is 17.4. The second-order valence-electron chi connectivity index (χ2n) is 5.03. The van der Waals surface area contributed by atoms with Crippen LogP contribution in [0.4, 0.5) is 0 Å². The first-order valence-corrected chi connectivity index (χ1v) is 6.76. The Morgan fingerprint density at radius 3 is 2.53 bits per heavy atom. The van der Waals surface area contributed by atoms with Gasteiger partial charge in [0.2, 0.25) is 5.91 Å². The molecule has 17 heavy (non-hydrogen) atoms. The maximum atomic E-state index is 12.1. The van der Waals surface area contributed by atoms with E-state index in [-0.39, 0.29) is 18.6 Å². The lowest BCUT2D eigenvalue weighted by Gasteiger charge is -2.34. The molecule has 0 unspecified atom stereocenters. The lowest BCUT2D eigenvalue weighted by molar-refractivity contribution is -0.140. The van der Waals surface area contributed by atoms with Crippen LogP contribution in [-0.2, 0) is 9.53 Å². The Balaban J connectivity index is 2.47. The average Bonchev–Trinajstić information content (AvgIpc) is 2.34. The highest BCUT2D eigenvalue weighted by Gasteiger charge is 2.24. The van der Waals surface area contributed by atoms with Crippen LogP contribution in [0.1, 0.15) is 46.0 Å². The van der Waals surface area contributed by atoms with Crippen LogP contribution >= 0.6 is 0 Å². The fourth-order valence-corrected chi connectivity index (χ4v) is 2.36. The second-order valence-corrected chi connectivity index (χ2v) is 5.03. The van der Waals surface area contributed by atoms with E-state index in [9.17, 15) is 4.79 Å². The van der Waals surface area contributed by atoms with Gasteiger partial charge in [0, 0.05) is 19.1 Å². The Kier molecular flexibility index (Phi) is 6.52. The van der Waals surface area contributed by atoms with Crippen LogP contribution in [0.5, 0.6) is 0 Å². The molecule has 4 heteroatoms. The van der Waals surface area contributed by atoms with E-state index in [0.717, 1.165) is 12.8 Å². The summed E-state index contributed by atoms with van der Waals surface area (Å²) in [7, 11) is 0. The third-order valence-corrected chi connectivity index (χ3v) is 3.25. The van der Waals surface area contributed by atoms with Crippen molar-refractivity contribution in [3.05, 3.63) is 0 Å². The first-order valence-electron chi connectivity index (χ1n) is 6.76. The number of nitrogens with two attached hydrogens (primary N) is 1. The van der Waals surface area contributed by atoms with Crippen LogP contribution in [0.3, 0.4) is 0 Å². The van der Waals surface area contributed by atoms with Gasteiger partial charge in [-0.05, 0) is 26.7 Å². The molecular formula is C13H26N2O2. The summed E-state index contributed by atoms with van der Waals surface area (Å²) in [6, 6.07) is 0.385. The number of hydrogen-bond acceptors (Lipinski definition) is 3. The predicted molar refractivity (Wildman–Crippen MR) is 68.7 cm³/mol. The number of nitrogens with zero attached hydrogens (tertiary/aromatic N) is 1. The number of carbonyl (C=O) groups is 1. The molecule has 1 aliphatic carbocycles. The van der Waals surface area contributed by atoms with Gasteiger partial charge in [-0.3, -0.25) is 4.79 Å². The number of amides is 1. The minimum atomic E-state index is 0.0936. The maximum absolute atomic E-state index is 12.1. The van der Waals surface area contributed by atoms with Crippen LogP contribution in [0.25, 0.3) is 0 Å². The van der Waals surface area contributed by atoms with E-state index in [0.29, 0.717) is 19.1 Å². The third kappa shape index (κ3) is 5.04. The highest BCUT2D eigenvalue weighted by atomic mass is 16.5. The first kappa shape index (κ1) is 14.5. The van der Waals surface area contributed by atoms with E-state index in [2.05, 4.69) is 0 Å². The van der Waals surface area contributed by atoms with Crippen molar-refractivity contribution in [3.8, 4) is 0 Å². The van der Waals surface area contributed by atoms with Gasteiger partial charge in [0.25, 0.3) is 0 Å². The predicted octanol–water partition coefficient (Wildman–Crippen LogP) is 1.53. The molecule has 0 saturated heterocycles. The van der Waals surface area contributed by atoms with E-state index in [1.165, 1.54) is 19.3 Å². The molecule has 1 aliphatic rings. The van der Waals surface area contributed by atoms with Crippen molar-refractivity contribution in [2.24, 2.45) is 5.73 Å². The Morgan fingerprint density at radius 2 is 2.00 bits per heavy atom. The molecule has 0 aromatic carbocycles. The smallest absolute Gasteiger partial charge is 0.248 e. The van der Waals surface area contributed by atoms with Crippen molar-refractivity contribution in [1.82, 2.24) is 4.90 Å². The number of rotatable bonds is 6. The van der Waals surface area contributed by atoms with E-state index in [1.54, 1.807) is 0 Å². The monoisotopic (exact) mass is 242 g/mol. The molecule has 0 spiro atoms. The summed E-state index contributed by atoms with van der Waals surface area (Å²) >= 11 is 0. The zero-order chi connectivity index (χ0) is 12.7. The molecule has 0 bridgehead atoms. The van der Waals surface area contributed by atoms with Crippen molar-refractivity contribution < 1.29 is 9.53 Å². The Hall–Kier alpha value is -0.610. The zero-order valence-corrected chi connectivity index (χ0v) is 11.2. The van der Waals surface area contributed by atoms with Gasteiger partial charge in [0.1, 0.15) is 6.61 Å². The van der Waals surface area contributed by atoms with E-state index in [4.69, 9.17) is 10.5 Å². The Morgan fingerprint density at radius 1 is 1.35 bits per heavy atom. The van der Waals surface area contributed by atoms with E-state index in [1.807, 2.05) is 18.7 Å². The molecule has 100 valence electrons. The van der Waals surface area contributed by atoms with Gasteiger partial charge >= 0.3 is 0 Å². The molecule has 0 aromatic rings. The molecule has 1 fully saturated rings. The zero-order valence-electron chi connectivity index (χ0n) is 11.2. The topological polar surface area (TPSA) is 55.6 Å². The summed E-state index contributed by atoms with van der Waals surface area (Å²) in [6.45, 7) is 5.27. The second kappa shape index (κ2) is 7.67. The molecule has 1 saturated carbocycles. The van der Waals surface area contributed by atoms with Crippen molar-refractivity contribution in [1.29, 1.82) is 0 Å². The van der Waals surface area contributed by atoms with Crippen LogP contribution in [0.15, 0.2) is 0 Å². The fourth-order valence-electron chi connectivity index (χ4n) is 2.36. The van der Waals surface area contributed by atoms with Gasteiger partial charge in [0.05, 0.1) is 6.10 Å². The minimum absolute atomic E-state index is 0.0936. The minimum Gasteiger partial charge on any atom is -0.369 e. The average molecular weight is 242 g/mol. The highest BCUT2D eigenvalue weighted by molar-refractivity contribution is 5.77. The molecular weight excluding hydrogens is 216 g/mol. The van der Waals surface area contributed by atoms with Crippen LogP contribution < -0.4 is 5.73 Å². The molecule has 0 aliphatic heterocycles. The van der Waals surface area contributed by atoms with Gasteiger partial charge < -0.3 is 15.4 Å². The summed E-state index contributed by atoms with van der Waals surface area (Å²) in [5, 5.41) is 0. The van der Waals surface area contributed by atoms with Gasteiger partial charge in [-0.25, -0.2) is 0 Å². The first-order chi connectivity index (χ1) is 8.15. The highest BCUT2D eigenvalue weighted by Crippen LogP contribution is 2.22. The van der Waals surface area contributed by atoms with Crippen LogP contribution in [0.2, 0.25) is 0 Å². The van der Waals surface area contributed by atoms with Crippen molar-refractivity contribution in [2.45, 2.75) is 58.1 Å². The molecule has 4 nitrogen and oxygen atoms in total. The lowest BCUT2D eigenvalue weighted by Crippen LogP contribution is -2.46. The Labute approximate surface area is 104 Å². The summed E-state index contributed by atoms with van der Waals surface area (Å²) < 4.78 is 5.39. The number of hydrogen-bond donors (Lipinski definition) is 1. The molecule has 0 atom stereocenters. The van der Waals surface area contributed by atoms with Gasteiger partial charge in [0.15, 0.2) is 0 Å². The number of ether oxygens (including phenoxy) is 1. The number of carbonyl (C=O) groups excluding carboxylic acids is 1. The van der Waals surface area contributed by atoms with Gasteiger partial charge in [-0.15, -0.1) is 0 Å². The summed E-state index contributed by atoms with van der Waals surface area (Å²) in [5.41, 5.74) is 5.60. The molecule has 1 rings (SSSR count). The SMILES string of the molecule is CC(C)OCC(=O)N(CCN)C1CCCCC1. The summed E-state index contributed by atoms with van der Waals surface area (Å²) in [6.07, 6.45) is 6.09. The van der Waals surface area contributed by atoms with Crippen molar-refractivity contribution >= 4 is 5.91 Å². The van der Waals surface area contributed by atoms with E-state index < -0.39 is 0 Å². The summed E-state index contributed by atoms with van der Waals surface area (Å²) in [4.78, 5) is 14.0. The third-order valence-electron chi connectivity index (χ3n) is 3.25. The van der Waals surface area contributed by atoms with Crippen molar-refractivity contribution in [2.75, 3.05) is 19.7 Å². The summed E-state index contributed by atoms with van der Waals surface area (Å²) in [5.74, 6) is 0.0936. The standard InChI is InChI=1S/C13H26N2O2/c1-11(2)17-10-13(16)15(9-8-14)12-6-4-3-5-7-12/h11-12H,3-10,14H2,1-2H3. The molecule has 0 aromatic heterocycles.